The van der Waals surface area contributed by atoms with Gasteiger partial charge in [-0.1, -0.05) is 150 Å². The molecule has 1 saturated heterocycles. The molecule has 0 aromatic heterocycles. The zero-order valence-electron chi connectivity index (χ0n) is 49.5. The van der Waals surface area contributed by atoms with Crippen LogP contribution in [0.5, 0.6) is 5.75 Å². The summed E-state index contributed by atoms with van der Waals surface area (Å²) in [4.78, 5) is 1.31. The number of hydrogen-bond donors (Lipinski definition) is 0. The average Bonchev–Trinajstić information content (AvgIpc) is 3.44. The van der Waals surface area contributed by atoms with Crippen molar-refractivity contribution in [3.05, 3.63) is 48.0 Å². The zero-order valence-corrected chi connectivity index (χ0v) is 50.4. The molecular weight excluding hydrogens is 977 g/mol. The Morgan fingerprint density at radius 3 is 1.78 bits per heavy atom. The van der Waals surface area contributed by atoms with Gasteiger partial charge in [0.05, 0.1) is 25.4 Å². The van der Waals surface area contributed by atoms with Crippen LogP contribution in [0.4, 0.5) is 0 Å². The number of ether oxygens (including phenoxy) is 11. The van der Waals surface area contributed by atoms with Crippen LogP contribution >= 0.6 is 11.8 Å². The Morgan fingerprint density at radius 2 is 1.12 bits per heavy atom. The standard InChI is InChI=1S/C64H110O11S/c1-10-18-37-66-45-36-55(69-40-21-13-4)59(70-41-22-14-5)63(73-44-25-17-8)64(65-9)75-61-56(48-67-38-19-11-2)74-57(60(71-42-23-15-6)62(61)72-43-24-16-7)49-76-58-47-52(34-35-54(58)50-30-27-26-28-31-50)51-32-29-33-53(46-51)68-39-20-12-3/h29,32-35,46-47,50,55-57,59-64H,10-28,30-31,36-45,48-49H2,1-9H3/t55-,56?,57+,59?,60-,61-,62?,63+,64+/m1/s1. The van der Waals surface area contributed by atoms with Gasteiger partial charge in [-0.2, -0.15) is 0 Å². The van der Waals surface area contributed by atoms with Crippen molar-refractivity contribution in [2.45, 2.75) is 263 Å². The second-order valence-electron chi connectivity index (χ2n) is 21.2. The fourth-order valence-electron chi connectivity index (χ4n) is 10.0. The van der Waals surface area contributed by atoms with Gasteiger partial charge in [-0.05, 0) is 111 Å². The van der Waals surface area contributed by atoms with Crippen LogP contribution < -0.4 is 4.74 Å². The molecule has 2 fully saturated rings. The molecule has 4 rings (SSSR count). The molecule has 0 amide bonds. The van der Waals surface area contributed by atoms with E-state index in [9.17, 15) is 0 Å². The predicted octanol–water partition coefficient (Wildman–Crippen LogP) is 15.7. The lowest BCUT2D eigenvalue weighted by molar-refractivity contribution is -0.316. The van der Waals surface area contributed by atoms with Crippen molar-refractivity contribution in [1.29, 1.82) is 0 Å². The summed E-state index contributed by atoms with van der Waals surface area (Å²) in [6, 6.07) is 15.7. The molecule has 2 aromatic carbocycles. The highest BCUT2D eigenvalue weighted by Crippen LogP contribution is 2.42. The fraction of sp³-hybridized carbons (Fsp3) is 0.812. The molecule has 0 radical (unpaired) electrons. The van der Waals surface area contributed by atoms with Gasteiger partial charge in [0.25, 0.3) is 0 Å². The summed E-state index contributed by atoms with van der Waals surface area (Å²) in [5, 5.41) is 0. The van der Waals surface area contributed by atoms with Crippen LogP contribution in [0, 0.1) is 0 Å². The van der Waals surface area contributed by atoms with Gasteiger partial charge >= 0.3 is 0 Å². The predicted molar refractivity (Wildman–Crippen MR) is 312 cm³/mol. The molecule has 76 heavy (non-hydrogen) atoms. The summed E-state index contributed by atoms with van der Waals surface area (Å²) in [5.41, 5.74) is 3.80. The lowest BCUT2D eigenvalue weighted by Crippen LogP contribution is -2.64. The molecule has 0 spiro atoms. The maximum atomic E-state index is 7.48. The monoisotopic (exact) mass is 1090 g/mol. The summed E-state index contributed by atoms with van der Waals surface area (Å²) >= 11 is 1.90. The molecule has 12 heteroatoms. The molecule has 438 valence electrons. The number of hydrogen-bond acceptors (Lipinski definition) is 12. The number of thioether (sulfide) groups is 1. The molecular formula is C64H110O11S. The lowest BCUT2D eigenvalue weighted by Gasteiger charge is -2.48. The minimum absolute atomic E-state index is 0.308. The second-order valence-corrected chi connectivity index (χ2v) is 22.3. The van der Waals surface area contributed by atoms with Crippen LogP contribution in [0.25, 0.3) is 11.1 Å². The van der Waals surface area contributed by atoms with Crippen molar-refractivity contribution < 1.29 is 52.1 Å². The molecule has 1 saturated carbocycles. The van der Waals surface area contributed by atoms with E-state index in [4.69, 9.17) is 52.1 Å². The zero-order chi connectivity index (χ0) is 54.4. The highest BCUT2D eigenvalue weighted by Gasteiger charge is 2.51. The van der Waals surface area contributed by atoms with Crippen molar-refractivity contribution in [2.24, 2.45) is 0 Å². The quantitative estimate of drug-likeness (QED) is 0.0358. The normalized spacial score (nSPS) is 20.9. The van der Waals surface area contributed by atoms with Crippen LogP contribution in [0.15, 0.2) is 47.4 Å². The van der Waals surface area contributed by atoms with E-state index in [1.54, 1.807) is 7.11 Å². The number of methoxy groups -OCH3 is 1. The van der Waals surface area contributed by atoms with E-state index in [-0.39, 0.29) is 12.2 Å². The van der Waals surface area contributed by atoms with Gasteiger partial charge in [0.15, 0.2) is 6.29 Å². The van der Waals surface area contributed by atoms with E-state index in [1.165, 1.54) is 48.1 Å². The van der Waals surface area contributed by atoms with E-state index in [0.29, 0.717) is 70.9 Å². The first kappa shape index (κ1) is 66.7. The van der Waals surface area contributed by atoms with Crippen LogP contribution in [0.3, 0.4) is 0 Å². The Morgan fingerprint density at radius 1 is 0.539 bits per heavy atom. The molecule has 0 bridgehead atoms. The smallest absolute Gasteiger partial charge is 0.186 e. The fourth-order valence-corrected chi connectivity index (χ4v) is 11.2. The molecule has 9 atom stereocenters. The summed E-state index contributed by atoms with van der Waals surface area (Å²) in [7, 11) is 1.72. The Balaban J connectivity index is 1.81. The van der Waals surface area contributed by atoms with E-state index in [0.717, 1.165) is 127 Å². The third-order valence-corrected chi connectivity index (χ3v) is 15.9. The first-order chi connectivity index (χ1) is 37.4. The first-order valence-corrected chi connectivity index (χ1v) is 32.0. The average molecular weight is 1090 g/mol. The Hall–Kier alpha value is -1.81. The van der Waals surface area contributed by atoms with E-state index in [2.05, 4.69) is 97.9 Å². The molecule has 11 nitrogen and oxygen atoms in total. The van der Waals surface area contributed by atoms with Gasteiger partial charge in [0.1, 0.15) is 42.4 Å². The van der Waals surface area contributed by atoms with Gasteiger partial charge in [-0.3, -0.25) is 0 Å². The Kier molecular flexibility index (Phi) is 36.9. The molecule has 0 N–H and O–H groups in total. The van der Waals surface area contributed by atoms with Crippen LogP contribution in [0.1, 0.15) is 208 Å². The molecule has 2 aromatic rings. The van der Waals surface area contributed by atoms with Crippen molar-refractivity contribution in [3.63, 3.8) is 0 Å². The van der Waals surface area contributed by atoms with Crippen molar-refractivity contribution in [1.82, 2.24) is 0 Å². The Bertz CT molecular complexity index is 1700. The second kappa shape index (κ2) is 42.1. The van der Waals surface area contributed by atoms with Gasteiger partial charge in [0.2, 0.25) is 0 Å². The van der Waals surface area contributed by atoms with Crippen molar-refractivity contribution >= 4 is 11.8 Å². The first-order valence-electron chi connectivity index (χ1n) is 31.0. The molecule has 2 aliphatic rings. The summed E-state index contributed by atoms with van der Waals surface area (Å²) in [6.45, 7) is 23.4. The number of unbranched alkanes of at least 4 members (excludes halogenated alkanes) is 8. The van der Waals surface area contributed by atoms with E-state index in [1.807, 2.05) is 11.8 Å². The molecule has 3 unspecified atom stereocenters. The molecule has 1 heterocycles. The maximum absolute atomic E-state index is 7.48. The van der Waals surface area contributed by atoms with Crippen LogP contribution in [-0.4, -0.2) is 134 Å². The molecule has 1 aliphatic carbocycles. The summed E-state index contributed by atoms with van der Waals surface area (Å²) in [5.74, 6) is 2.12. The minimum atomic E-state index is -0.857. The van der Waals surface area contributed by atoms with Crippen LogP contribution in [0.2, 0.25) is 0 Å². The topological polar surface area (TPSA) is 102 Å². The Labute approximate surface area is 468 Å². The highest BCUT2D eigenvalue weighted by molar-refractivity contribution is 7.99. The minimum Gasteiger partial charge on any atom is -0.494 e. The van der Waals surface area contributed by atoms with E-state index < -0.39 is 42.9 Å². The third-order valence-electron chi connectivity index (χ3n) is 14.8. The van der Waals surface area contributed by atoms with E-state index >= 15 is 0 Å². The maximum Gasteiger partial charge on any atom is 0.186 e. The van der Waals surface area contributed by atoms with Gasteiger partial charge in [0, 0.05) is 70.6 Å². The molecule has 1 aliphatic heterocycles. The van der Waals surface area contributed by atoms with Crippen molar-refractivity contribution in [3.8, 4) is 16.9 Å². The van der Waals surface area contributed by atoms with Gasteiger partial charge in [-0.15, -0.1) is 11.8 Å². The summed E-state index contributed by atoms with van der Waals surface area (Å²) in [6.07, 6.45) is 18.2. The number of benzene rings is 2. The lowest BCUT2D eigenvalue weighted by atomic mass is 9.83. The SMILES string of the molecule is CCCCOCC[C@@H](OCCCC)C(OCCCC)[C@H](OCCCC)[C@@H](OC)O[C@@H]1C(COCCCC)O[C@@H](CSc2cc(-c3cccc(OCCCC)c3)ccc2C2CCCCC2)[C@@H](OCCCC)C1OCCCC. The largest absolute Gasteiger partial charge is 0.494 e. The van der Waals surface area contributed by atoms with Crippen molar-refractivity contribution in [2.75, 3.05) is 78.9 Å². The van der Waals surface area contributed by atoms with Gasteiger partial charge in [-0.25, -0.2) is 0 Å². The van der Waals surface area contributed by atoms with Crippen LogP contribution in [-0.2, 0) is 47.4 Å². The summed E-state index contributed by atoms with van der Waals surface area (Å²) < 4.78 is 75.3. The van der Waals surface area contributed by atoms with Gasteiger partial charge < -0.3 is 52.1 Å². The number of rotatable bonds is 46. The third kappa shape index (κ3) is 24.1. The highest BCUT2D eigenvalue weighted by atomic mass is 32.2.